The van der Waals surface area contributed by atoms with Crippen LogP contribution >= 0.6 is 0 Å². The molecule has 0 aliphatic carbocycles. The van der Waals surface area contributed by atoms with Crippen molar-refractivity contribution in [3.8, 4) is 0 Å². The summed E-state index contributed by atoms with van der Waals surface area (Å²) in [6.07, 6.45) is 3.82. The Kier molecular flexibility index (Phi) is 4.73. The Hall–Kier alpha value is 0.137. The summed E-state index contributed by atoms with van der Waals surface area (Å²) in [5.74, 6) is 0. The predicted molar refractivity (Wildman–Crippen MR) is 80.0 cm³/mol. The minimum atomic E-state index is -2.16. The molecule has 0 saturated carbocycles. The van der Waals surface area contributed by atoms with Gasteiger partial charge in [0.2, 0.25) is 0 Å². The van der Waals surface area contributed by atoms with E-state index in [9.17, 15) is 0 Å². The molecule has 0 aromatic heterocycles. The Morgan fingerprint density at radius 2 is 1.11 bits per heavy atom. The summed E-state index contributed by atoms with van der Waals surface area (Å²) in [4.78, 5) is 0. The molecule has 2 atom stereocenters. The molecule has 0 radical (unpaired) electrons. The standard InChI is InChI=1S/C15H32O2Si/c1-14(2,3)12-10-9-11-13(15(4,5)6)18(12,16-7)17-8/h12-13H,9-11H2,1-8H3. The molecule has 2 nitrogen and oxygen atoms in total. The molecular formula is C15H32O2Si. The average Bonchev–Trinajstić information content (AvgIpc) is 2.25. The first-order valence-corrected chi connectivity index (χ1v) is 9.17. The van der Waals surface area contributed by atoms with E-state index in [1.54, 1.807) is 0 Å². The van der Waals surface area contributed by atoms with Crippen LogP contribution in [0.5, 0.6) is 0 Å². The molecule has 1 fully saturated rings. The lowest BCUT2D eigenvalue weighted by atomic mass is 9.84. The van der Waals surface area contributed by atoms with Crippen molar-refractivity contribution in [1.29, 1.82) is 0 Å². The lowest BCUT2D eigenvalue weighted by Crippen LogP contribution is -2.58. The molecule has 0 amide bonds. The molecule has 1 rings (SSSR count). The molecule has 1 aliphatic heterocycles. The number of hydrogen-bond acceptors (Lipinski definition) is 2. The van der Waals surface area contributed by atoms with Gasteiger partial charge in [-0.25, -0.2) is 0 Å². The fraction of sp³-hybridized carbons (Fsp3) is 1.00. The van der Waals surface area contributed by atoms with Crippen molar-refractivity contribution in [1.82, 2.24) is 0 Å². The van der Waals surface area contributed by atoms with Gasteiger partial charge in [0.25, 0.3) is 0 Å². The second kappa shape index (κ2) is 5.26. The monoisotopic (exact) mass is 272 g/mol. The van der Waals surface area contributed by atoms with E-state index in [2.05, 4.69) is 41.5 Å². The maximum absolute atomic E-state index is 6.12. The Labute approximate surface area is 115 Å². The van der Waals surface area contributed by atoms with E-state index in [-0.39, 0.29) is 10.8 Å². The van der Waals surface area contributed by atoms with Crippen LogP contribution < -0.4 is 0 Å². The average molecular weight is 273 g/mol. The third-order valence-electron chi connectivity index (χ3n) is 4.69. The van der Waals surface area contributed by atoms with Crippen LogP contribution in [0, 0.1) is 10.8 Å². The van der Waals surface area contributed by atoms with Crippen LogP contribution in [0.15, 0.2) is 0 Å². The van der Waals surface area contributed by atoms with E-state index < -0.39 is 8.56 Å². The summed E-state index contributed by atoms with van der Waals surface area (Å²) in [5.41, 5.74) is 1.69. The summed E-state index contributed by atoms with van der Waals surface area (Å²) < 4.78 is 12.2. The van der Waals surface area contributed by atoms with Crippen molar-refractivity contribution >= 4 is 8.56 Å². The Morgan fingerprint density at radius 3 is 1.33 bits per heavy atom. The van der Waals surface area contributed by atoms with Gasteiger partial charge >= 0.3 is 8.56 Å². The minimum absolute atomic E-state index is 0.266. The van der Waals surface area contributed by atoms with Crippen LogP contribution in [0.2, 0.25) is 11.1 Å². The molecule has 3 heteroatoms. The van der Waals surface area contributed by atoms with Gasteiger partial charge in [-0.3, -0.25) is 0 Å². The third kappa shape index (κ3) is 2.83. The molecule has 1 saturated heterocycles. The first-order valence-electron chi connectivity index (χ1n) is 7.20. The van der Waals surface area contributed by atoms with Crippen LogP contribution in [0.25, 0.3) is 0 Å². The fourth-order valence-electron chi connectivity index (χ4n) is 3.90. The molecule has 0 spiro atoms. The second-order valence-corrected chi connectivity index (χ2v) is 11.6. The van der Waals surface area contributed by atoms with Gasteiger partial charge in [0.05, 0.1) is 0 Å². The van der Waals surface area contributed by atoms with Gasteiger partial charge in [-0.1, -0.05) is 48.0 Å². The Balaban J connectivity index is 3.22. The zero-order valence-corrected chi connectivity index (χ0v) is 14.6. The van der Waals surface area contributed by atoms with Crippen molar-refractivity contribution in [3.05, 3.63) is 0 Å². The van der Waals surface area contributed by atoms with Crippen molar-refractivity contribution < 1.29 is 8.85 Å². The SMILES string of the molecule is CO[Si]1(OC)C(C(C)(C)C)CCCC1C(C)(C)C. The fourth-order valence-corrected chi connectivity index (χ4v) is 9.31. The smallest absolute Gasteiger partial charge is 0.345 e. The molecule has 1 aliphatic rings. The van der Waals surface area contributed by atoms with Gasteiger partial charge in [0.15, 0.2) is 0 Å². The minimum Gasteiger partial charge on any atom is -0.397 e. The number of hydrogen-bond donors (Lipinski definition) is 0. The van der Waals surface area contributed by atoms with E-state index in [0.29, 0.717) is 11.1 Å². The van der Waals surface area contributed by atoms with Crippen LogP contribution in [-0.2, 0) is 8.85 Å². The largest absolute Gasteiger partial charge is 0.397 e. The van der Waals surface area contributed by atoms with Gasteiger partial charge in [-0.2, -0.15) is 0 Å². The zero-order valence-electron chi connectivity index (χ0n) is 13.6. The van der Waals surface area contributed by atoms with Crippen molar-refractivity contribution in [3.63, 3.8) is 0 Å². The van der Waals surface area contributed by atoms with Crippen LogP contribution in [0.1, 0.15) is 60.8 Å². The van der Waals surface area contributed by atoms with Gasteiger partial charge in [-0.15, -0.1) is 0 Å². The normalized spacial score (nSPS) is 29.3. The highest BCUT2D eigenvalue weighted by atomic mass is 28.4. The molecule has 108 valence electrons. The summed E-state index contributed by atoms with van der Waals surface area (Å²) in [6.45, 7) is 14.0. The van der Waals surface area contributed by atoms with Crippen LogP contribution in [0.3, 0.4) is 0 Å². The van der Waals surface area contributed by atoms with Gasteiger partial charge in [0, 0.05) is 25.3 Å². The van der Waals surface area contributed by atoms with Gasteiger partial charge in [-0.05, 0) is 23.7 Å². The van der Waals surface area contributed by atoms with E-state index in [0.717, 1.165) is 0 Å². The number of rotatable bonds is 2. The molecule has 0 N–H and O–H groups in total. The molecule has 1 heterocycles. The van der Waals surface area contributed by atoms with E-state index in [1.807, 2.05) is 14.2 Å². The summed E-state index contributed by atoms with van der Waals surface area (Å²) >= 11 is 0. The highest BCUT2D eigenvalue weighted by molar-refractivity contribution is 6.71. The predicted octanol–water partition coefficient (Wildman–Crippen LogP) is 4.74. The molecule has 0 aromatic carbocycles. The van der Waals surface area contributed by atoms with E-state index in [1.165, 1.54) is 19.3 Å². The quantitative estimate of drug-likeness (QED) is 0.676. The second-order valence-electron chi connectivity index (χ2n) is 7.90. The highest BCUT2D eigenvalue weighted by Crippen LogP contribution is 2.58. The zero-order chi connectivity index (χ0) is 14.2. The van der Waals surface area contributed by atoms with Crippen molar-refractivity contribution in [2.75, 3.05) is 14.2 Å². The van der Waals surface area contributed by atoms with Crippen molar-refractivity contribution in [2.24, 2.45) is 10.8 Å². The van der Waals surface area contributed by atoms with E-state index >= 15 is 0 Å². The van der Waals surface area contributed by atoms with Gasteiger partial charge in [0.1, 0.15) is 0 Å². The molecule has 0 aromatic rings. The maximum atomic E-state index is 6.12. The summed E-state index contributed by atoms with van der Waals surface area (Å²) in [6, 6.07) is 0. The van der Waals surface area contributed by atoms with Crippen LogP contribution in [0.4, 0.5) is 0 Å². The molecule has 0 bridgehead atoms. The first kappa shape index (κ1) is 16.2. The molecule has 2 unspecified atom stereocenters. The lowest BCUT2D eigenvalue weighted by Gasteiger charge is -2.53. The van der Waals surface area contributed by atoms with Gasteiger partial charge < -0.3 is 8.85 Å². The summed E-state index contributed by atoms with van der Waals surface area (Å²) in [5, 5.41) is 0. The maximum Gasteiger partial charge on any atom is 0.345 e. The molecular weight excluding hydrogens is 240 g/mol. The first-order chi connectivity index (χ1) is 8.09. The summed E-state index contributed by atoms with van der Waals surface area (Å²) in [7, 11) is 1.59. The Bertz CT molecular complexity index is 247. The lowest BCUT2D eigenvalue weighted by molar-refractivity contribution is 0.133. The highest BCUT2D eigenvalue weighted by Gasteiger charge is 2.59. The Morgan fingerprint density at radius 1 is 0.778 bits per heavy atom. The topological polar surface area (TPSA) is 18.5 Å². The molecule has 18 heavy (non-hydrogen) atoms. The van der Waals surface area contributed by atoms with Crippen molar-refractivity contribution in [2.45, 2.75) is 71.9 Å². The third-order valence-corrected chi connectivity index (χ3v) is 10.2. The van der Waals surface area contributed by atoms with Crippen LogP contribution in [-0.4, -0.2) is 22.8 Å². The van der Waals surface area contributed by atoms with E-state index in [4.69, 9.17) is 8.85 Å².